The minimum atomic E-state index is -2.76. The summed E-state index contributed by atoms with van der Waals surface area (Å²) >= 11 is 0. The molecule has 0 radical (unpaired) electrons. The minimum absolute atomic E-state index is 0.309. The van der Waals surface area contributed by atoms with Gasteiger partial charge in [-0.05, 0) is 181 Å². The van der Waals surface area contributed by atoms with Crippen LogP contribution in [0.25, 0.3) is 43.4 Å². The van der Waals surface area contributed by atoms with Crippen LogP contribution >= 0.6 is 0 Å². The van der Waals surface area contributed by atoms with Crippen LogP contribution in [-0.2, 0) is 5.41 Å². The summed E-state index contributed by atoms with van der Waals surface area (Å²) in [6.07, 6.45) is 0. The van der Waals surface area contributed by atoms with Crippen LogP contribution in [0.3, 0.4) is 0 Å². The van der Waals surface area contributed by atoms with Gasteiger partial charge in [-0.2, -0.15) is 0 Å². The van der Waals surface area contributed by atoms with Gasteiger partial charge in [0.2, 0.25) is 0 Å². The molecule has 432 valence electrons. The van der Waals surface area contributed by atoms with Gasteiger partial charge >= 0.3 is 0 Å². The molecule has 0 aliphatic heterocycles. The van der Waals surface area contributed by atoms with Crippen molar-refractivity contribution < 1.29 is 0 Å². The minimum Gasteiger partial charge on any atom is -0.310 e. The quantitative estimate of drug-likeness (QED) is 0.0791. The lowest BCUT2D eigenvalue weighted by molar-refractivity contribution is 0.661. The van der Waals surface area contributed by atoms with E-state index in [-0.39, 0.29) is 5.41 Å². The summed E-state index contributed by atoms with van der Waals surface area (Å²) in [5.74, 6) is 0. The summed E-state index contributed by atoms with van der Waals surface area (Å²) in [5, 5.41) is 18.1. The molecule has 15 aromatic rings. The molecule has 0 spiro atoms. The van der Waals surface area contributed by atoms with Crippen LogP contribution in [0.4, 0.5) is 34.1 Å². The lowest BCUT2D eigenvalue weighted by atomic mass is 9.81. The molecule has 0 amide bonds. The van der Waals surface area contributed by atoms with Crippen molar-refractivity contribution in [3.05, 3.63) is 375 Å². The predicted octanol–water partition coefficient (Wildman–Crippen LogP) is 17.1. The van der Waals surface area contributed by atoms with Crippen LogP contribution in [0, 0.1) is 0 Å². The Morgan fingerprint density at radius 3 is 0.835 bits per heavy atom. The molecule has 91 heavy (non-hydrogen) atoms. The van der Waals surface area contributed by atoms with E-state index in [0.717, 1.165) is 34.1 Å². The van der Waals surface area contributed by atoms with Crippen LogP contribution < -0.4 is 51.3 Å². The molecule has 1 aliphatic rings. The van der Waals surface area contributed by atoms with Crippen LogP contribution in [0.5, 0.6) is 0 Å². The van der Waals surface area contributed by atoms with Gasteiger partial charge < -0.3 is 9.80 Å². The van der Waals surface area contributed by atoms with E-state index in [9.17, 15) is 0 Å². The lowest BCUT2D eigenvalue weighted by Gasteiger charge is -2.35. The molecule has 1 aliphatic carbocycles. The summed E-state index contributed by atoms with van der Waals surface area (Å²) in [7, 11) is -5.51. The van der Waals surface area contributed by atoms with Gasteiger partial charge in [0.05, 0.1) is 0 Å². The van der Waals surface area contributed by atoms with Crippen molar-refractivity contribution in [3.63, 3.8) is 0 Å². The predicted molar refractivity (Wildman–Crippen MR) is 393 cm³/mol. The van der Waals surface area contributed by atoms with Crippen molar-refractivity contribution in [2.45, 2.75) is 19.3 Å². The Labute approximate surface area is 535 Å². The lowest BCUT2D eigenvalue weighted by Crippen LogP contribution is -2.74. The van der Waals surface area contributed by atoms with E-state index in [2.05, 4.69) is 388 Å². The van der Waals surface area contributed by atoms with Crippen LogP contribution in [-0.4, -0.2) is 16.1 Å². The van der Waals surface area contributed by atoms with Crippen molar-refractivity contribution in [3.8, 4) is 11.1 Å². The van der Waals surface area contributed by atoms with Gasteiger partial charge in [-0.15, -0.1) is 0 Å². The number of rotatable bonds is 14. The van der Waals surface area contributed by atoms with E-state index >= 15 is 0 Å². The van der Waals surface area contributed by atoms with Crippen LogP contribution in [0.2, 0.25) is 0 Å². The molecule has 0 saturated heterocycles. The van der Waals surface area contributed by atoms with Crippen LogP contribution in [0.1, 0.15) is 25.0 Å². The van der Waals surface area contributed by atoms with Crippen molar-refractivity contribution in [2.24, 2.45) is 0 Å². The second-order valence-corrected chi connectivity index (χ2v) is 32.4. The third kappa shape index (κ3) is 9.45. The first kappa shape index (κ1) is 55.4. The van der Waals surface area contributed by atoms with E-state index in [4.69, 9.17) is 0 Å². The molecule has 0 bridgehead atoms. The number of hydrogen-bond donors (Lipinski definition) is 0. The Bertz CT molecular complexity index is 4920. The number of fused-ring (bicyclic) bond motifs is 6. The van der Waals surface area contributed by atoms with Gasteiger partial charge in [-0.25, -0.2) is 0 Å². The first-order chi connectivity index (χ1) is 44.8. The van der Waals surface area contributed by atoms with Gasteiger partial charge in [0.15, 0.2) is 16.1 Å². The molecule has 16 rings (SSSR count). The molecule has 0 aromatic heterocycles. The third-order valence-corrected chi connectivity index (χ3v) is 29.1. The average molecular weight is 1200 g/mol. The van der Waals surface area contributed by atoms with Gasteiger partial charge in [0.1, 0.15) is 0 Å². The molecule has 0 fully saturated rings. The van der Waals surface area contributed by atoms with Crippen molar-refractivity contribution in [1.29, 1.82) is 0 Å². The first-order valence-corrected chi connectivity index (χ1v) is 35.7. The Morgan fingerprint density at radius 1 is 0.198 bits per heavy atom. The fourth-order valence-electron chi connectivity index (χ4n) is 15.1. The van der Waals surface area contributed by atoms with Crippen molar-refractivity contribution in [2.75, 3.05) is 9.80 Å². The zero-order chi connectivity index (χ0) is 60.9. The highest BCUT2D eigenvalue weighted by molar-refractivity contribution is 7.20. The summed E-state index contributed by atoms with van der Waals surface area (Å²) < 4.78 is 0. The molecule has 15 aromatic carbocycles. The van der Waals surface area contributed by atoms with Crippen LogP contribution in [0.15, 0.2) is 364 Å². The highest BCUT2D eigenvalue weighted by Crippen LogP contribution is 2.52. The molecule has 4 heteroatoms. The fraction of sp³-hybridized carbons (Fsp3) is 0.0345. The highest BCUT2D eigenvalue weighted by atomic mass is 28.3. The maximum absolute atomic E-state index is 2.76. The second-order valence-electron chi connectivity index (χ2n) is 24.8. The molecular weight excluding hydrogens is 1130 g/mol. The molecule has 2 nitrogen and oxygen atoms in total. The zero-order valence-corrected chi connectivity index (χ0v) is 53.0. The molecule has 0 atom stereocenters. The summed E-state index contributed by atoms with van der Waals surface area (Å²) in [6.45, 7) is 4.83. The van der Waals surface area contributed by atoms with Gasteiger partial charge in [-0.1, -0.05) is 293 Å². The molecule has 0 heterocycles. The standard InChI is InChI=1S/C87H66N2Si2/c1-87(2)85-61-68-59-73(88(71-44-41-63-25-21-23-27-65(63)57-71)69-47-52-81(53-48-69)90(75-29-9-3-10-30-75,76-31-11-4-12-32-76)77-33-13-5-14-34-77)46-43-67(68)60-84(85)83-56-51-74(62-86(83)87)89(72-45-42-64-26-22-24-28-66(64)58-72)70-49-54-82(55-50-70)91(78-35-15-6-16-36-78,79-37-17-7-18-38-79)80-39-19-8-20-40-80/h3-62H,1-2H3. The summed E-state index contributed by atoms with van der Waals surface area (Å²) in [6, 6.07) is 137. The number of hydrogen-bond acceptors (Lipinski definition) is 2. The van der Waals surface area contributed by atoms with E-state index < -0.39 is 16.1 Å². The van der Waals surface area contributed by atoms with Gasteiger partial charge in [0.25, 0.3) is 0 Å². The number of anilines is 6. The monoisotopic (exact) mass is 1190 g/mol. The van der Waals surface area contributed by atoms with Gasteiger partial charge in [-0.3, -0.25) is 0 Å². The van der Waals surface area contributed by atoms with E-state index in [0.29, 0.717) is 0 Å². The largest absolute Gasteiger partial charge is 0.310 e. The molecule has 0 saturated carbocycles. The maximum Gasteiger partial charge on any atom is 0.179 e. The second kappa shape index (κ2) is 22.9. The van der Waals surface area contributed by atoms with E-state index in [1.54, 1.807) is 0 Å². The SMILES string of the molecule is CC1(C)c2cc(N(c3ccc([Si](c4ccccc4)(c4ccccc4)c4ccccc4)cc3)c3ccc4ccccc4c3)ccc2-c2cc3ccc(N(c4ccc([Si](c5ccccc5)(c5ccccc5)c5ccccc5)cc4)c4ccc5ccccc5c4)cc3cc21. The number of benzene rings is 15. The normalized spacial score (nSPS) is 12.6. The van der Waals surface area contributed by atoms with Crippen molar-refractivity contribution >= 4 is 124 Å². The first-order valence-electron chi connectivity index (χ1n) is 31.7. The highest BCUT2D eigenvalue weighted by Gasteiger charge is 2.43. The van der Waals surface area contributed by atoms with E-state index in [1.165, 1.54) is 96.1 Å². The smallest absolute Gasteiger partial charge is 0.179 e. The number of nitrogens with zero attached hydrogens (tertiary/aromatic N) is 2. The Morgan fingerprint density at radius 2 is 0.462 bits per heavy atom. The van der Waals surface area contributed by atoms with E-state index in [1.807, 2.05) is 0 Å². The Balaban J connectivity index is 0.803. The molecular formula is C87H66N2Si2. The zero-order valence-electron chi connectivity index (χ0n) is 51.0. The summed E-state index contributed by atoms with van der Waals surface area (Å²) in [5.41, 5.74) is 11.6. The average Bonchev–Trinajstić information content (AvgIpc) is 1.81. The van der Waals surface area contributed by atoms with Gasteiger partial charge in [0, 0.05) is 39.5 Å². The Kier molecular flexibility index (Phi) is 14.0. The third-order valence-electron chi connectivity index (χ3n) is 19.5. The topological polar surface area (TPSA) is 6.48 Å². The fourth-order valence-corrected chi connectivity index (χ4v) is 24.6. The Hall–Kier alpha value is -10.9. The molecule has 0 unspecified atom stereocenters. The molecule has 0 N–H and O–H groups in total. The summed E-state index contributed by atoms with van der Waals surface area (Å²) in [4.78, 5) is 4.92. The maximum atomic E-state index is 2.48. The van der Waals surface area contributed by atoms with Crippen molar-refractivity contribution in [1.82, 2.24) is 0 Å².